The zero-order valence-corrected chi connectivity index (χ0v) is 35.0. The van der Waals surface area contributed by atoms with Gasteiger partial charge in [0, 0.05) is 44.0 Å². The molecule has 0 unspecified atom stereocenters. The van der Waals surface area contributed by atoms with E-state index in [1.807, 2.05) is 0 Å². The fraction of sp³-hybridized carbons (Fsp3) is 0.200. The number of rotatable bonds is 0. The zero-order valence-electron chi connectivity index (χ0n) is 35.0. The lowest BCUT2D eigenvalue weighted by Crippen LogP contribution is -2.61. The molecule has 0 N–H and O–H groups in total. The highest BCUT2D eigenvalue weighted by Crippen LogP contribution is 2.57. The van der Waals surface area contributed by atoms with Crippen LogP contribution in [0.15, 0.2) is 132 Å². The van der Waals surface area contributed by atoms with Gasteiger partial charge in [-0.2, -0.15) is 0 Å². The fourth-order valence-corrected chi connectivity index (χ4v) is 11.5. The highest BCUT2D eigenvalue weighted by molar-refractivity contribution is 7.00. The van der Waals surface area contributed by atoms with Crippen LogP contribution in [0.25, 0.3) is 71.0 Å². The molecular weight excluding hydrogens is 715 g/mol. The molecule has 0 fully saturated rings. The molecule has 3 aliphatic heterocycles. The zero-order chi connectivity index (χ0) is 40.1. The number of hydrogen-bond acceptors (Lipinski definition) is 2. The summed E-state index contributed by atoms with van der Waals surface area (Å²) >= 11 is 0. The Balaban J connectivity index is 1.30. The first-order chi connectivity index (χ1) is 28.3. The molecule has 0 aliphatic carbocycles. The van der Waals surface area contributed by atoms with Gasteiger partial charge >= 0.3 is 0 Å². The fourth-order valence-electron chi connectivity index (χ4n) is 11.5. The van der Waals surface area contributed by atoms with Gasteiger partial charge in [0.15, 0.2) is 0 Å². The molecule has 0 bridgehead atoms. The molecule has 0 atom stereocenters. The van der Waals surface area contributed by atoms with Crippen molar-refractivity contribution in [2.45, 2.75) is 71.6 Å². The number of furan rings is 1. The Bertz CT molecular complexity index is 3570. The van der Waals surface area contributed by atoms with Gasteiger partial charge in [0.2, 0.25) is 0 Å². The molecular formula is C55H45BN2O. The van der Waals surface area contributed by atoms with E-state index in [1.165, 1.54) is 116 Å². The lowest BCUT2D eigenvalue weighted by Gasteiger charge is -2.48. The third kappa shape index (κ3) is 4.10. The van der Waals surface area contributed by atoms with E-state index < -0.39 is 0 Å². The van der Waals surface area contributed by atoms with E-state index in [9.17, 15) is 0 Å². The number of benzene rings is 8. The standard InChI is InChI=1S/C55H45BN2O/c1-53(2,3)32-23-24-35-41(26-32)58-43-28-33(54(4,5)6)27-42-50(43)56(38-25-31-22-21-30-15-9-10-16-34(30)46(31)48(35)51(38)58)39-29-45-47(36-17-11-14-20-44(36)59-45)49-52(39)57(42)40-19-13-12-18-37(40)55(49,7)8/h9-29H,1-8H3. The van der Waals surface area contributed by atoms with E-state index in [-0.39, 0.29) is 23.0 Å². The first-order valence-corrected chi connectivity index (χ1v) is 21.3. The van der Waals surface area contributed by atoms with Gasteiger partial charge in [0.1, 0.15) is 11.2 Å². The number of hydrogen-bond donors (Lipinski definition) is 0. The molecule has 59 heavy (non-hydrogen) atoms. The third-order valence-corrected chi connectivity index (χ3v) is 14.4. The summed E-state index contributed by atoms with van der Waals surface area (Å²) in [4.78, 5) is 2.65. The van der Waals surface area contributed by atoms with Crippen LogP contribution in [-0.4, -0.2) is 11.3 Å². The predicted molar refractivity (Wildman–Crippen MR) is 252 cm³/mol. The smallest absolute Gasteiger partial charge is 0.252 e. The van der Waals surface area contributed by atoms with Gasteiger partial charge in [-0.05, 0) is 107 Å². The Labute approximate surface area is 344 Å². The van der Waals surface area contributed by atoms with Crippen molar-refractivity contribution in [1.82, 2.24) is 4.57 Å². The highest BCUT2D eigenvalue weighted by atomic mass is 16.3. The summed E-state index contributed by atoms with van der Waals surface area (Å²) in [5.74, 6) is 0. The average Bonchev–Trinajstić information content (AvgIpc) is 3.76. The summed E-state index contributed by atoms with van der Waals surface area (Å²) in [7, 11) is 0. The molecule has 0 saturated carbocycles. The molecule has 5 heterocycles. The van der Waals surface area contributed by atoms with Gasteiger partial charge in [-0.1, -0.05) is 146 Å². The molecule has 3 nitrogen and oxygen atoms in total. The van der Waals surface area contributed by atoms with Gasteiger partial charge in [0.25, 0.3) is 6.71 Å². The van der Waals surface area contributed by atoms with Crippen molar-refractivity contribution in [3.8, 4) is 5.69 Å². The molecule has 13 rings (SSSR count). The summed E-state index contributed by atoms with van der Waals surface area (Å²) in [5.41, 5.74) is 18.7. The van der Waals surface area contributed by atoms with Gasteiger partial charge in [-0.15, -0.1) is 0 Å². The maximum Gasteiger partial charge on any atom is 0.252 e. The van der Waals surface area contributed by atoms with Crippen LogP contribution in [0.1, 0.15) is 77.6 Å². The number of para-hydroxylation sites is 2. The Kier molecular flexibility index (Phi) is 6.09. The largest absolute Gasteiger partial charge is 0.456 e. The molecule has 4 heteroatoms. The van der Waals surface area contributed by atoms with E-state index in [2.05, 4.69) is 192 Å². The van der Waals surface area contributed by atoms with Gasteiger partial charge in [-0.25, -0.2) is 0 Å². The summed E-state index contributed by atoms with van der Waals surface area (Å²) in [5, 5.41) is 10.3. The quantitative estimate of drug-likeness (QED) is 0.113. The minimum Gasteiger partial charge on any atom is -0.456 e. The summed E-state index contributed by atoms with van der Waals surface area (Å²) in [6.45, 7) is 18.9. The van der Waals surface area contributed by atoms with Gasteiger partial charge < -0.3 is 13.9 Å². The van der Waals surface area contributed by atoms with Crippen LogP contribution in [0.4, 0.5) is 17.1 Å². The van der Waals surface area contributed by atoms with Crippen molar-refractivity contribution in [2.75, 3.05) is 4.90 Å². The van der Waals surface area contributed by atoms with Crippen LogP contribution in [-0.2, 0) is 16.2 Å². The second kappa shape index (κ2) is 10.7. The lowest BCUT2D eigenvalue weighted by molar-refractivity contribution is 0.590. The summed E-state index contributed by atoms with van der Waals surface area (Å²) in [6, 6.07) is 48.8. The molecule has 284 valence electrons. The first kappa shape index (κ1) is 33.7. The number of aromatic nitrogens is 1. The summed E-state index contributed by atoms with van der Waals surface area (Å²) < 4.78 is 9.60. The molecule has 0 amide bonds. The Hall–Kier alpha value is -6.26. The van der Waals surface area contributed by atoms with Crippen molar-refractivity contribution in [1.29, 1.82) is 0 Å². The van der Waals surface area contributed by atoms with E-state index >= 15 is 0 Å². The Morgan fingerprint density at radius 2 is 1.25 bits per heavy atom. The minimum atomic E-state index is -0.296. The Morgan fingerprint density at radius 1 is 0.542 bits per heavy atom. The maximum absolute atomic E-state index is 6.92. The van der Waals surface area contributed by atoms with Crippen molar-refractivity contribution in [3.63, 3.8) is 0 Å². The van der Waals surface area contributed by atoms with Gasteiger partial charge in [0.05, 0.1) is 16.7 Å². The van der Waals surface area contributed by atoms with E-state index in [1.54, 1.807) is 0 Å². The molecule has 8 aromatic carbocycles. The van der Waals surface area contributed by atoms with Crippen LogP contribution in [0, 0.1) is 0 Å². The van der Waals surface area contributed by atoms with E-state index in [0.717, 1.165) is 11.2 Å². The van der Waals surface area contributed by atoms with Crippen LogP contribution in [0.5, 0.6) is 0 Å². The molecule has 0 radical (unpaired) electrons. The molecule has 10 aromatic rings. The molecule has 0 saturated heterocycles. The second-order valence-electron chi connectivity index (χ2n) is 20.1. The monoisotopic (exact) mass is 760 g/mol. The molecule has 0 spiro atoms. The topological polar surface area (TPSA) is 21.3 Å². The summed E-state index contributed by atoms with van der Waals surface area (Å²) in [6.07, 6.45) is 0. The maximum atomic E-state index is 6.92. The van der Waals surface area contributed by atoms with Crippen LogP contribution in [0.2, 0.25) is 0 Å². The first-order valence-electron chi connectivity index (χ1n) is 21.3. The SMILES string of the molecule is CC(C)(C)c1cc2c3c(c1)-n1c4cc(C(C)(C)C)ccc4c4c5c(ccc6ccccc65)cc(c41)B3c1cc3oc4ccccc4c3c3c1N2c1ccccc1C3(C)C. The Morgan fingerprint density at radius 3 is 2.07 bits per heavy atom. The number of fused-ring (bicyclic) bond motifs is 17. The highest BCUT2D eigenvalue weighted by Gasteiger charge is 2.49. The lowest BCUT2D eigenvalue weighted by atomic mass is 9.33. The van der Waals surface area contributed by atoms with Crippen LogP contribution in [0.3, 0.4) is 0 Å². The predicted octanol–water partition coefficient (Wildman–Crippen LogP) is 12.8. The molecule has 2 aromatic heterocycles. The minimum absolute atomic E-state index is 0.00990. The van der Waals surface area contributed by atoms with E-state index in [4.69, 9.17) is 4.42 Å². The number of anilines is 3. The van der Waals surface area contributed by atoms with Crippen molar-refractivity contribution >= 4 is 105 Å². The normalized spacial score (nSPS) is 15.2. The van der Waals surface area contributed by atoms with E-state index in [0.29, 0.717) is 0 Å². The third-order valence-electron chi connectivity index (χ3n) is 14.4. The molecule has 3 aliphatic rings. The van der Waals surface area contributed by atoms with Crippen LogP contribution < -0.4 is 21.3 Å². The van der Waals surface area contributed by atoms with Crippen molar-refractivity contribution in [2.24, 2.45) is 0 Å². The second-order valence-corrected chi connectivity index (χ2v) is 20.1. The van der Waals surface area contributed by atoms with Crippen LogP contribution >= 0.6 is 0 Å². The van der Waals surface area contributed by atoms with Gasteiger partial charge in [-0.3, -0.25) is 0 Å². The van der Waals surface area contributed by atoms with Crippen molar-refractivity contribution in [3.05, 3.63) is 150 Å². The van der Waals surface area contributed by atoms with Crippen molar-refractivity contribution < 1.29 is 4.42 Å². The average molecular weight is 761 g/mol. The number of nitrogens with zero attached hydrogens (tertiary/aromatic N) is 2.